The Hall–Kier alpha value is -2.42. The predicted octanol–water partition coefficient (Wildman–Crippen LogP) is 3.95. The maximum atomic E-state index is 5.65. The van der Waals surface area contributed by atoms with Gasteiger partial charge in [0.1, 0.15) is 6.10 Å². The van der Waals surface area contributed by atoms with Crippen LogP contribution in [-0.4, -0.2) is 14.2 Å². The third kappa shape index (κ3) is 2.94. The molecule has 2 aromatic rings. The Labute approximate surface area is 119 Å². The van der Waals surface area contributed by atoms with Gasteiger partial charge >= 0.3 is 0 Å². The first-order chi connectivity index (χ1) is 9.80. The Morgan fingerprint density at radius 1 is 0.900 bits per heavy atom. The molecule has 0 heterocycles. The molecule has 2 aromatic carbocycles. The Balaban J connectivity index is 2.42. The molecular formula is C17H18O3. The van der Waals surface area contributed by atoms with Crippen molar-refractivity contribution in [1.82, 2.24) is 0 Å². The SMILES string of the molecule is C=CO[C@@H](c1ccccc1)c1ccc(OC)c(OC)c1. The minimum atomic E-state index is -0.214. The molecule has 2 rings (SSSR count). The van der Waals surface area contributed by atoms with E-state index in [1.165, 1.54) is 6.26 Å². The minimum Gasteiger partial charge on any atom is -0.493 e. The molecule has 3 heteroatoms. The fourth-order valence-corrected chi connectivity index (χ4v) is 2.09. The second kappa shape index (κ2) is 6.66. The molecule has 20 heavy (non-hydrogen) atoms. The molecule has 1 atom stereocenters. The molecule has 0 unspecified atom stereocenters. The molecule has 0 spiro atoms. The van der Waals surface area contributed by atoms with E-state index in [-0.39, 0.29) is 6.10 Å². The van der Waals surface area contributed by atoms with Crippen LogP contribution in [0.3, 0.4) is 0 Å². The lowest BCUT2D eigenvalue weighted by molar-refractivity contribution is 0.183. The Kier molecular flexibility index (Phi) is 4.66. The van der Waals surface area contributed by atoms with Crippen LogP contribution in [-0.2, 0) is 4.74 Å². The highest BCUT2D eigenvalue weighted by Crippen LogP contribution is 2.33. The monoisotopic (exact) mass is 270 g/mol. The van der Waals surface area contributed by atoms with Crippen LogP contribution in [0, 0.1) is 0 Å². The second-order valence-electron chi connectivity index (χ2n) is 4.21. The highest BCUT2D eigenvalue weighted by molar-refractivity contribution is 5.45. The van der Waals surface area contributed by atoms with E-state index >= 15 is 0 Å². The van der Waals surface area contributed by atoms with Gasteiger partial charge in [-0.25, -0.2) is 0 Å². The number of rotatable bonds is 6. The van der Waals surface area contributed by atoms with Crippen molar-refractivity contribution in [2.45, 2.75) is 6.10 Å². The summed E-state index contributed by atoms with van der Waals surface area (Å²) in [5.41, 5.74) is 2.04. The average Bonchev–Trinajstić information content (AvgIpc) is 2.52. The van der Waals surface area contributed by atoms with Gasteiger partial charge < -0.3 is 14.2 Å². The molecule has 0 radical (unpaired) electrons. The van der Waals surface area contributed by atoms with E-state index in [0.29, 0.717) is 11.5 Å². The minimum absolute atomic E-state index is 0.214. The zero-order chi connectivity index (χ0) is 14.4. The predicted molar refractivity (Wildman–Crippen MR) is 79.1 cm³/mol. The molecule has 0 bridgehead atoms. The highest BCUT2D eigenvalue weighted by Gasteiger charge is 2.16. The summed E-state index contributed by atoms with van der Waals surface area (Å²) in [4.78, 5) is 0. The van der Waals surface area contributed by atoms with E-state index in [2.05, 4.69) is 6.58 Å². The lowest BCUT2D eigenvalue weighted by Gasteiger charge is -2.19. The lowest BCUT2D eigenvalue weighted by atomic mass is 10.0. The number of methoxy groups -OCH3 is 2. The van der Waals surface area contributed by atoms with Gasteiger partial charge in [0.05, 0.1) is 20.5 Å². The van der Waals surface area contributed by atoms with Gasteiger partial charge in [0, 0.05) is 5.56 Å². The van der Waals surface area contributed by atoms with Gasteiger partial charge in [0.25, 0.3) is 0 Å². The Morgan fingerprint density at radius 3 is 2.20 bits per heavy atom. The van der Waals surface area contributed by atoms with Crippen LogP contribution in [0.2, 0.25) is 0 Å². The molecule has 0 saturated carbocycles. The van der Waals surface area contributed by atoms with Gasteiger partial charge in [0.15, 0.2) is 11.5 Å². The normalized spacial score (nSPS) is 11.5. The van der Waals surface area contributed by atoms with Crippen molar-refractivity contribution >= 4 is 0 Å². The largest absolute Gasteiger partial charge is 0.493 e. The molecule has 0 aliphatic rings. The van der Waals surface area contributed by atoms with Crippen LogP contribution >= 0.6 is 0 Å². The van der Waals surface area contributed by atoms with E-state index in [4.69, 9.17) is 14.2 Å². The van der Waals surface area contributed by atoms with Crippen molar-refractivity contribution in [1.29, 1.82) is 0 Å². The van der Waals surface area contributed by atoms with Gasteiger partial charge in [-0.2, -0.15) is 0 Å². The topological polar surface area (TPSA) is 27.7 Å². The molecule has 0 aliphatic heterocycles. The maximum absolute atomic E-state index is 5.65. The van der Waals surface area contributed by atoms with Crippen LogP contribution in [0.25, 0.3) is 0 Å². The van der Waals surface area contributed by atoms with Crippen LogP contribution in [0.1, 0.15) is 17.2 Å². The quantitative estimate of drug-likeness (QED) is 0.744. The molecule has 3 nitrogen and oxygen atoms in total. The standard InChI is InChI=1S/C17H18O3/c1-4-20-17(13-8-6-5-7-9-13)14-10-11-15(18-2)16(12-14)19-3/h4-12,17H,1H2,2-3H3/t17-/m0/s1. The highest BCUT2D eigenvalue weighted by atomic mass is 16.5. The van der Waals surface area contributed by atoms with E-state index in [1.807, 2.05) is 48.5 Å². The van der Waals surface area contributed by atoms with Gasteiger partial charge in [-0.1, -0.05) is 43.0 Å². The number of hydrogen-bond acceptors (Lipinski definition) is 3. The smallest absolute Gasteiger partial charge is 0.161 e. The number of ether oxygens (including phenoxy) is 3. The fourth-order valence-electron chi connectivity index (χ4n) is 2.09. The molecule has 104 valence electrons. The van der Waals surface area contributed by atoms with Crippen molar-refractivity contribution in [3.63, 3.8) is 0 Å². The third-order valence-corrected chi connectivity index (χ3v) is 3.04. The number of hydrogen-bond donors (Lipinski definition) is 0. The summed E-state index contributed by atoms with van der Waals surface area (Å²) in [6.07, 6.45) is 1.24. The van der Waals surface area contributed by atoms with Crippen molar-refractivity contribution in [2.75, 3.05) is 14.2 Å². The first-order valence-electron chi connectivity index (χ1n) is 6.33. The molecule has 0 fully saturated rings. The van der Waals surface area contributed by atoms with Crippen LogP contribution < -0.4 is 9.47 Å². The maximum Gasteiger partial charge on any atom is 0.161 e. The van der Waals surface area contributed by atoms with Gasteiger partial charge in [-0.3, -0.25) is 0 Å². The molecule has 0 amide bonds. The summed E-state index contributed by atoms with van der Waals surface area (Å²) in [7, 11) is 3.24. The lowest BCUT2D eigenvalue weighted by Crippen LogP contribution is -2.03. The van der Waals surface area contributed by atoms with E-state index in [9.17, 15) is 0 Å². The van der Waals surface area contributed by atoms with E-state index in [0.717, 1.165) is 11.1 Å². The van der Waals surface area contributed by atoms with Gasteiger partial charge in [0.2, 0.25) is 0 Å². The summed E-state index contributed by atoms with van der Waals surface area (Å²) in [5.74, 6) is 1.38. The summed E-state index contributed by atoms with van der Waals surface area (Å²) in [6, 6.07) is 15.7. The van der Waals surface area contributed by atoms with Gasteiger partial charge in [-0.05, 0) is 17.7 Å². The Morgan fingerprint density at radius 2 is 1.60 bits per heavy atom. The summed E-state index contributed by atoms with van der Waals surface area (Å²) in [6.45, 7) is 3.65. The van der Waals surface area contributed by atoms with Crippen LogP contribution in [0.5, 0.6) is 11.5 Å². The Bertz CT molecular complexity index is 564. The first-order valence-corrected chi connectivity index (χ1v) is 6.33. The molecular weight excluding hydrogens is 252 g/mol. The van der Waals surface area contributed by atoms with Crippen molar-refractivity contribution in [3.8, 4) is 11.5 Å². The van der Waals surface area contributed by atoms with Crippen molar-refractivity contribution in [3.05, 3.63) is 72.5 Å². The molecule has 0 N–H and O–H groups in total. The summed E-state index contributed by atoms with van der Waals surface area (Å²) < 4.78 is 16.2. The molecule has 0 aliphatic carbocycles. The zero-order valence-electron chi connectivity index (χ0n) is 11.7. The molecule has 0 saturated heterocycles. The summed E-state index contributed by atoms with van der Waals surface area (Å²) >= 11 is 0. The van der Waals surface area contributed by atoms with Gasteiger partial charge in [-0.15, -0.1) is 0 Å². The summed E-state index contributed by atoms with van der Waals surface area (Å²) in [5, 5.41) is 0. The number of benzene rings is 2. The van der Waals surface area contributed by atoms with Crippen LogP contribution in [0.15, 0.2) is 61.4 Å². The fraction of sp³-hybridized carbons (Fsp3) is 0.176. The molecule has 0 aromatic heterocycles. The third-order valence-electron chi connectivity index (χ3n) is 3.04. The second-order valence-corrected chi connectivity index (χ2v) is 4.21. The van der Waals surface area contributed by atoms with E-state index in [1.54, 1.807) is 14.2 Å². The van der Waals surface area contributed by atoms with Crippen molar-refractivity contribution in [2.24, 2.45) is 0 Å². The van der Waals surface area contributed by atoms with Crippen molar-refractivity contribution < 1.29 is 14.2 Å². The van der Waals surface area contributed by atoms with Crippen LogP contribution in [0.4, 0.5) is 0 Å². The van der Waals surface area contributed by atoms with E-state index < -0.39 is 0 Å². The zero-order valence-corrected chi connectivity index (χ0v) is 11.7. The average molecular weight is 270 g/mol. The first kappa shape index (κ1) is 14.0.